The van der Waals surface area contributed by atoms with Gasteiger partial charge in [-0.2, -0.15) is 0 Å². The average molecular weight is 340 g/mol. The Bertz CT molecular complexity index is 843. The van der Waals surface area contributed by atoms with E-state index in [2.05, 4.69) is 9.55 Å². The van der Waals surface area contributed by atoms with Crippen LogP contribution >= 0.6 is 0 Å². The van der Waals surface area contributed by atoms with Crippen LogP contribution in [-0.2, 0) is 11.3 Å². The molecule has 4 nitrogen and oxygen atoms in total. The van der Waals surface area contributed by atoms with Crippen molar-refractivity contribution in [3.8, 4) is 28.3 Å². The third kappa shape index (κ3) is 3.72. The van der Waals surface area contributed by atoms with Crippen LogP contribution in [0.4, 0.5) is 4.39 Å². The van der Waals surface area contributed by atoms with Crippen molar-refractivity contribution >= 4 is 0 Å². The first-order valence-corrected chi connectivity index (χ1v) is 8.10. The first-order chi connectivity index (χ1) is 12.1. The highest BCUT2D eigenvalue weighted by Gasteiger charge is 2.10. The van der Waals surface area contributed by atoms with Crippen LogP contribution in [0, 0.1) is 5.82 Å². The minimum Gasteiger partial charge on any atom is -0.494 e. The van der Waals surface area contributed by atoms with E-state index in [1.807, 2.05) is 43.5 Å². The Hall–Kier alpha value is -2.66. The first kappa shape index (κ1) is 17.2. The fraction of sp³-hybridized carbons (Fsp3) is 0.250. The maximum atomic E-state index is 13.9. The topological polar surface area (TPSA) is 36.3 Å². The summed E-state index contributed by atoms with van der Waals surface area (Å²) in [6.45, 7) is 2.75. The molecule has 1 aromatic heterocycles. The predicted octanol–water partition coefficient (Wildman–Crippen LogP) is 4.40. The van der Waals surface area contributed by atoms with Gasteiger partial charge in [0.2, 0.25) is 0 Å². The Balaban J connectivity index is 1.86. The summed E-state index contributed by atoms with van der Waals surface area (Å²) in [5, 5.41) is 0. The summed E-state index contributed by atoms with van der Waals surface area (Å²) in [6, 6.07) is 12.9. The van der Waals surface area contributed by atoms with Crippen molar-refractivity contribution in [3.63, 3.8) is 0 Å². The van der Waals surface area contributed by atoms with Crippen molar-refractivity contribution in [1.29, 1.82) is 0 Å². The van der Waals surface area contributed by atoms with E-state index in [4.69, 9.17) is 9.47 Å². The van der Waals surface area contributed by atoms with Crippen LogP contribution < -0.4 is 4.74 Å². The highest BCUT2D eigenvalue weighted by molar-refractivity contribution is 5.68. The standard InChI is InChI=1S/C20H21FN2O2/c1-14(24-2)13-23-11-10-22-20(23)16-6-4-15(5-7-16)17-8-9-19(25-3)18(21)12-17/h4-12,14H,13H2,1-3H3. The second-order valence-corrected chi connectivity index (χ2v) is 5.88. The molecule has 0 aliphatic carbocycles. The number of imidazole rings is 1. The molecule has 0 fully saturated rings. The first-order valence-electron chi connectivity index (χ1n) is 8.10. The summed E-state index contributed by atoms with van der Waals surface area (Å²) in [5.74, 6) is 0.763. The Labute approximate surface area is 146 Å². The molecular formula is C20H21FN2O2. The molecule has 0 N–H and O–H groups in total. The van der Waals surface area contributed by atoms with Crippen LogP contribution in [0.25, 0.3) is 22.5 Å². The van der Waals surface area contributed by atoms with Gasteiger partial charge < -0.3 is 14.0 Å². The number of benzene rings is 2. The zero-order valence-corrected chi connectivity index (χ0v) is 14.6. The van der Waals surface area contributed by atoms with Crippen LogP contribution in [0.3, 0.4) is 0 Å². The summed E-state index contributed by atoms with van der Waals surface area (Å²) in [6.07, 6.45) is 3.83. The largest absolute Gasteiger partial charge is 0.494 e. The molecule has 3 aromatic rings. The molecule has 0 spiro atoms. The number of ether oxygens (including phenoxy) is 2. The van der Waals surface area contributed by atoms with Crippen molar-refractivity contribution in [2.75, 3.05) is 14.2 Å². The van der Waals surface area contributed by atoms with Gasteiger partial charge in [-0.1, -0.05) is 30.3 Å². The van der Waals surface area contributed by atoms with Crippen molar-refractivity contribution in [2.45, 2.75) is 19.6 Å². The van der Waals surface area contributed by atoms with E-state index in [0.29, 0.717) is 0 Å². The van der Waals surface area contributed by atoms with Crippen molar-refractivity contribution < 1.29 is 13.9 Å². The normalized spacial score (nSPS) is 12.2. The van der Waals surface area contributed by atoms with Gasteiger partial charge in [0.05, 0.1) is 19.8 Å². The van der Waals surface area contributed by atoms with E-state index in [0.717, 1.165) is 29.1 Å². The Morgan fingerprint density at radius 3 is 2.36 bits per heavy atom. The lowest BCUT2D eigenvalue weighted by molar-refractivity contribution is 0.103. The molecule has 5 heteroatoms. The molecule has 3 rings (SSSR count). The van der Waals surface area contributed by atoms with E-state index in [9.17, 15) is 4.39 Å². The van der Waals surface area contributed by atoms with E-state index in [1.165, 1.54) is 13.2 Å². The van der Waals surface area contributed by atoms with Gasteiger partial charge in [-0.25, -0.2) is 9.37 Å². The van der Waals surface area contributed by atoms with Crippen LogP contribution in [0.15, 0.2) is 54.9 Å². The molecule has 2 aromatic carbocycles. The Morgan fingerprint density at radius 1 is 1.04 bits per heavy atom. The zero-order valence-electron chi connectivity index (χ0n) is 14.6. The minimum absolute atomic E-state index is 0.106. The molecule has 0 aliphatic rings. The maximum absolute atomic E-state index is 13.9. The highest BCUT2D eigenvalue weighted by atomic mass is 19.1. The number of hydrogen-bond donors (Lipinski definition) is 0. The molecule has 130 valence electrons. The van der Waals surface area contributed by atoms with Gasteiger partial charge in [0.1, 0.15) is 5.82 Å². The van der Waals surface area contributed by atoms with Gasteiger partial charge in [-0.05, 0) is 30.2 Å². The molecule has 0 amide bonds. The highest BCUT2D eigenvalue weighted by Crippen LogP contribution is 2.27. The molecule has 0 saturated heterocycles. The lowest BCUT2D eigenvalue weighted by atomic mass is 10.0. The van der Waals surface area contributed by atoms with Gasteiger partial charge in [-0.3, -0.25) is 0 Å². The fourth-order valence-corrected chi connectivity index (χ4v) is 2.73. The molecule has 0 radical (unpaired) electrons. The number of hydrogen-bond acceptors (Lipinski definition) is 3. The molecular weight excluding hydrogens is 319 g/mol. The molecule has 1 heterocycles. The van der Waals surface area contributed by atoms with E-state index >= 15 is 0 Å². The average Bonchev–Trinajstić information content (AvgIpc) is 3.09. The summed E-state index contributed by atoms with van der Waals surface area (Å²) >= 11 is 0. The molecule has 1 atom stereocenters. The van der Waals surface area contributed by atoms with Gasteiger partial charge >= 0.3 is 0 Å². The van der Waals surface area contributed by atoms with Gasteiger partial charge in [0, 0.05) is 25.1 Å². The summed E-state index contributed by atoms with van der Waals surface area (Å²) in [5.41, 5.74) is 2.75. The second kappa shape index (κ2) is 7.49. The van der Waals surface area contributed by atoms with E-state index in [-0.39, 0.29) is 17.7 Å². The Kier molecular flexibility index (Phi) is 5.14. The molecule has 0 saturated carbocycles. The number of halogens is 1. The molecule has 1 unspecified atom stereocenters. The molecule has 25 heavy (non-hydrogen) atoms. The zero-order chi connectivity index (χ0) is 17.8. The van der Waals surface area contributed by atoms with Crippen LogP contribution in [0.2, 0.25) is 0 Å². The lowest BCUT2D eigenvalue weighted by Crippen LogP contribution is -2.14. The smallest absolute Gasteiger partial charge is 0.165 e. The summed E-state index contributed by atoms with van der Waals surface area (Å²) < 4.78 is 26.3. The lowest BCUT2D eigenvalue weighted by Gasteiger charge is -2.13. The number of aromatic nitrogens is 2. The van der Waals surface area contributed by atoms with E-state index < -0.39 is 0 Å². The summed E-state index contributed by atoms with van der Waals surface area (Å²) in [4.78, 5) is 4.44. The second-order valence-electron chi connectivity index (χ2n) is 5.88. The SMILES string of the molecule is COc1ccc(-c2ccc(-c3nccn3CC(C)OC)cc2)cc1F. The van der Waals surface area contributed by atoms with Crippen LogP contribution in [0.1, 0.15) is 6.92 Å². The van der Waals surface area contributed by atoms with Crippen molar-refractivity contribution in [2.24, 2.45) is 0 Å². The van der Waals surface area contributed by atoms with Gasteiger partial charge in [0.15, 0.2) is 11.6 Å². The molecule has 0 bridgehead atoms. The van der Waals surface area contributed by atoms with Crippen molar-refractivity contribution in [1.82, 2.24) is 9.55 Å². The predicted molar refractivity (Wildman–Crippen MR) is 96.1 cm³/mol. The molecule has 0 aliphatic heterocycles. The number of nitrogens with zero attached hydrogens (tertiary/aromatic N) is 2. The van der Waals surface area contributed by atoms with Crippen LogP contribution in [0.5, 0.6) is 5.75 Å². The maximum Gasteiger partial charge on any atom is 0.165 e. The Morgan fingerprint density at radius 2 is 1.72 bits per heavy atom. The third-order valence-electron chi connectivity index (χ3n) is 4.20. The summed E-state index contributed by atoms with van der Waals surface area (Å²) in [7, 11) is 3.16. The quantitative estimate of drug-likeness (QED) is 0.667. The van der Waals surface area contributed by atoms with Crippen molar-refractivity contribution in [3.05, 3.63) is 60.7 Å². The third-order valence-corrected chi connectivity index (χ3v) is 4.20. The number of rotatable bonds is 6. The van der Waals surface area contributed by atoms with E-state index in [1.54, 1.807) is 19.4 Å². The number of methoxy groups -OCH3 is 2. The van der Waals surface area contributed by atoms with Gasteiger partial charge in [0.25, 0.3) is 0 Å². The van der Waals surface area contributed by atoms with Gasteiger partial charge in [-0.15, -0.1) is 0 Å². The minimum atomic E-state index is -0.367. The fourth-order valence-electron chi connectivity index (χ4n) is 2.73. The van der Waals surface area contributed by atoms with Crippen LogP contribution in [-0.4, -0.2) is 29.9 Å². The monoisotopic (exact) mass is 340 g/mol.